The van der Waals surface area contributed by atoms with Crippen molar-refractivity contribution in [3.8, 4) is 0 Å². The molecule has 0 spiro atoms. The van der Waals surface area contributed by atoms with Crippen LogP contribution in [0.15, 0.2) is 30.5 Å². The molecule has 2 N–H and O–H groups in total. The van der Waals surface area contributed by atoms with Crippen molar-refractivity contribution in [1.29, 1.82) is 0 Å². The van der Waals surface area contributed by atoms with Crippen molar-refractivity contribution in [2.24, 2.45) is 5.73 Å². The highest BCUT2D eigenvalue weighted by Gasteiger charge is 2.15. The number of rotatable bonds is 6. The summed E-state index contributed by atoms with van der Waals surface area (Å²) in [5.74, 6) is 0. The van der Waals surface area contributed by atoms with Gasteiger partial charge in [-0.1, -0.05) is 18.2 Å². The first kappa shape index (κ1) is 14.6. The van der Waals surface area contributed by atoms with Crippen LogP contribution in [0.2, 0.25) is 0 Å². The Kier molecular flexibility index (Phi) is 4.61. The average molecular weight is 286 g/mol. The van der Waals surface area contributed by atoms with E-state index in [9.17, 15) is 0 Å². The smallest absolute Gasteiger partial charge is 0.0576 e. The topological polar surface area (TPSA) is 40.2 Å². The van der Waals surface area contributed by atoms with Crippen molar-refractivity contribution < 1.29 is 4.74 Å². The minimum absolute atomic E-state index is 0.205. The highest BCUT2D eigenvalue weighted by atomic mass is 16.5. The molecule has 2 atom stereocenters. The summed E-state index contributed by atoms with van der Waals surface area (Å²) in [5, 5.41) is 1.35. The van der Waals surface area contributed by atoms with E-state index >= 15 is 0 Å². The molecule has 0 saturated carbocycles. The molecule has 3 rings (SSSR count). The van der Waals surface area contributed by atoms with Crippen molar-refractivity contribution >= 4 is 10.9 Å². The van der Waals surface area contributed by atoms with Gasteiger partial charge in [0.15, 0.2) is 0 Å². The molecule has 1 aromatic heterocycles. The molecule has 1 aromatic carbocycles. The number of ether oxygens (including phenoxy) is 1. The predicted molar refractivity (Wildman–Crippen MR) is 87.5 cm³/mol. The normalized spacial score (nSPS) is 20.2. The van der Waals surface area contributed by atoms with Crippen LogP contribution in [-0.4, -0.2) is 23.3 Å². The largest absolute Gasteiger partial charge is 0.378 e. The second-order valence-electron chi connectivity index (χ2n) is 6.32. The maximum absolute atomic E-state index is 5.98. The number of hydrogen-bond acceptors (Lipinski definition) is 2. The van der Waals surface area contributed by atoms with Gasteiger partial charge in [-0.3, -0.25) is 0 Å². The number of aromatic nitrogens is 1. The monoisotopic (exact) mass is 286 g/mol. The highest BCUT2D eigenvalue weighted by molar-refractivity contribution is 5.84. The van der Waals surface area contributed by atoms with Gasteiger partial charge in [0.2, 0.25) is 0 Å². The lowest BCUT2D eigenvalue weighted by molar-refractivity contribution is 0.101. The molecule has 1 aliphatic heterocycles. The summed E-state index contributed by atoms with van der Waals surface area (Å²) in [4.78, 5) is 0. The quantitative estimate of drug-likeness (QED) is 0.883. The van der Waals surface area contributed by atoms with Gasteiger partial charge in [-0.2, -0.15) is 0 Å². The van der Waals surface area contributed by atoms with Crippen LogP contribution in [0.3, 0.4) is 0 Å². The standard InChI is InChI=1S/C18H26N2O/c1-14(19)12-15-13-20(18-9-3-2-8-17(15)18)10-4-6-16-7-5-11-21-16/h2-3,8-9,13-14,16H,4-7,10-12,19H2,1H3. The molecule has 0 bridgehead atoms. The molecule has 0 radical (unpaired) electrons. The van der Waals surface area contributed by atoms with Crippen LogP contribution >= 0.6 is 0 Å². The number of aryl methyl sites for hydroxylation is 1. The van der Waals surface area contributed by atoms with E-state index in [2.05, 4.69) is 42.0 Å². The van der Waals surface area contributed by atoms with Crippen LogP contribution in [0.5, 0.6) is 0 Å². The Labute approximate surface area is 127 Å². The predicted octanol–water partition coefficient (Wildman–Crippen LogP) is 3.49. The van der Waals surface area contributed by atoms with Gasteiger partial charge < -0.3 is 15.0 Å². The molecule has 3 heteroatoms. The Bertz CT molecular complexity index is 582. The van der Waals surface area contributed by atoms with Crippen molar-refractivity contribution in [3.05, 3.63) is 36.0 Å². The Morgan fingerprint density at radius 3 is 3.00 bits per heavy atom. The average Bonchev–Trinajstić information content (AvgIpc) is 3.08. The Balaban J connectivity index is 1.71. The number of nitrogens with two attached hydrogens (primary N) is 1. The van der Waals surface area contributed by atoms with Gasteiger partial charge in [0.25, 0.3) is 0 Å². The van der Waals surface area contributed by atoms with Gasteiger partial charge in [-0.25, -0.2) is 0 Å². The molecular weight excluding hydrogens is 260 g/mol. The van der Waals surface area contributed by atoms with Crippen molar-refractivity contribution in [2.75, 3.05) is 6.61 Å². The van der Waals surface area contributed by atoms with E-state index in [0.29, 0.717) is 6.10 Å². The summed E-state index contributed by atoms with van der Waals surface area (Å²) < 4.78 is 8.10. The summed E-state index contributed by atoms with van der Waals surface area (Å²) in [6.45, 7) is 4.10. The summed E-state index contributed by atoms with van der Waals surface area (Å²) in [5.41, 5.74) is 8.69. The Hall–Kier alpha value is -1.32. The molecule has 21 heavy (non-hydrogen) atoms. The molecule has 2 heterocycles. The first-order valence-corrected chi connectivity index (χ1v) is 8.18. The summed E-state index contributed by atoms with van der Waals surface area (Å²) in [6, 6.07) is 8.87. The third kappa shape index (κ3) is 3.47. The lowest BCUT2D eigenvalue weighted by atomic mass is 10.1. The molecule has 114 valence electrons. The maximum Gasteiger partial charge on any atom is 0.0576 e. The lowest BCUT2D eigenvalue weighted by Gasteiger charge is -2.10. The van der Waals surface area contributed by atoms with Crippen LogP contribution in [0.1, 0.15) is 38.2 Å². The highest BCUT2D eigenvalue weighted by Crippen LogP contribution is 2.24. The number of para-hydroxylation sites is 1. The minimum atomic E-state index is 0.205. The lowest BCUT2D eigenvalue weighted by Crippen LogP contribution is -2.17. The van der Waals surface area contributed by atoms with E-state index in [4.69, 9.17) is 10.5 Å². The van der Waals surface area contributed by atoms with Gasteiger partial charge in [0.05, 0.1) is 6.10 Å². The molecule has 1 aliphatic rings. The molecule has 2 unspecified atom stereocenters. The number of benzene rings is 1. The van der Waals surface area contributed by atoms with E-state index in [-0.39, 0.29) is 6.04 Å². The maximum atomic E-state index is 5.98. The Morgan fingerprint density at radius 1 is 1.38 bits per heavy atom. The molecular formula is C18H26N2O. The molecule has 0 amide bonds. The van der Waals surface area contributed by atoms with Crippen LogP contribution in [0.4, 0.5) is 0 Å². The summed E-state index contributed by atoms with van der Waals surface area (Å²) >= 11 is 0. The van der Waals surface area contributed by atoms with Crippen molar-refractivity contribution in [2.45, 2.75) is 57.7 Å². The fourth-order valence-electron chi connectivity index (χ4n) is 3.38. The van der Waals surface area contributed by atoms with Crippen LogP contribution < -0.4 is 5.73 Å². The fourth-order valence-corrected chi connectivity index (χ4v) is 3.38. The number of hydrogen-bond donors (Lipinski definition) is 1. The minimum Gasteiger partial charge on any atom is -0.378 e. The first-order valence-electron chi connectivity index (χ1n) is 8.18. The van der Waals surface area contributed by atoms with Gasteiger partial charge in [-0.05, 0) is 50.7 Å². The molecule has 0 aliphatic carbocycles. The van der Waals surface area contributed by atoms with Gasteiger partial charge in [-0.15, -0.1) is 0 Å². The number of nitrogens with zero attached hydrogens (tertiary/aromatic N) is 1. The van der Waals surface area contributed by atoms with E-state index < -0.39 is 0 Å². The van der Waals surface area contributed by atoms with Crippen LogP contribution in [0.25, 0.3) is 10.9 Å². The van der Waals surface area contributed by atoms with E-state index in [0.717, 1.165) is 19.6 Å². The summed E-state index contributed by atoms with van der Waals surface area (Å²) in [7, 11) is 0. The van der Waals surface area contributed by atoms with Crippen LogP contribution in [-0.2, 0) is 17.7 Å². The fraction of sp³-hybridized carbons (Fsp3) is 0.556. The van der Waals surface area contributed by atoms with Crippen molar-refractivity contribution in [3.63, 3.8) is 0 Å². The van der Waals surface area contributed by atoms with E-state index in [1.54, 1.807) is 0 Å². The zero-order valence-corrected chi connectivity index (χ0v) is 12.9. The summed E-state index contributed by atoms with van der Waals surface area (Å²) in [6.07, 6.45) is 8.56. The second-order valence-corrected chi connectivity index (χ2v) is 6.32. The zero-order valence-electron chi connectivity index (χ0n) is 12.9. The first-order chi connectivity index (χ1) is 10.2. The van der Waals surface area contributed by atoms with Gasteiger partial charge in [0.1, 0.15) is 0 Å². The SMILES string of the molecule is CC(N)Cc1cn(CCCC2CCCO2)c2ccccc12. The second kappa shape index (κ2) is 6.63. The van der Waals surface area contributed by atoms with Gasteiger partial charge >= 0.3 is 0 Å². The van der Waals surface area contributed by atoms with E-state index in [1.807, 2.05) is 0 Å². The third-order valence-corrected chi connectivity index (χ3v) is 4.36. The molecule has 2 aromatic rings. The molecule has 1 saturated heterocycles. The van der Waals surface area contributed by atoms with Crippen LogP contribution in [0, 0.1) is 0 Å². The third-order valence-electron chi connectivity index (χ3n) is 4.36. The number of fused-ring (bicyclic) bond motifs is 1. The van der Waals surface area contributed by atoms with Gasteiger partial charge in [0, 0.05) is 36.3 Å². The van der Waals surface area contributed by atoms with Crippen molar-refractivity contribution in [1.82, 2.24) is 4.57 Å². The Morgan fingerprint density at radius 2 is 2.24 bits per heavy atom. The molecule has 1 fully saturated rings. The zero-order chi connectivity index (χ0) is 14.7. The van der Waals surface area contributed by atoms with E-state index in [1.165, 1.54) is 42.1 Å². The molecule has 3 nitrogen and oxygen atoms in total.